The number of ether oxygens (including phenoxy) is 1. The molecule has 0 aliphatic carbocycles. The molecule has 1 fully saturated rings. The number of H-pyrrole nitrogens is 1. The van der Waals surface area contributed by atoms with E-state index in [-0.39, 0.29) is 0 Å². The molecule has 0 aromatic carbocycles. The normalized spacial score (nSPS) is 16.7. The van der Waals surface area contributed by atoms with Crippen LogP contribution in [-0.4, -0.2) is 59.2 Å². The van der Waals surface area contributed by atoms with Crippen LogP contribution < -0.4 is 5.32 Å². The van der Waals surface area contributed by atoms with Crippen LogP contribution in [0.15, 0.2) is 6.07 Å². The fraction of sp³-hybridized carbons (Fsp3) is 0.571. The van der Waals surface area contributed by atoms with E-state index in [4.69, 9.17) is 4.74 Å². The minimum Gasteiger partial charge on any atom is -0.379 e. The Balaban J connectivity index is 1.65. The third-order valence-electron chi connectivity index (χ3n) is 3.54. The molecule has 2 N–H and O–H groups in total. The molecule has 0 radical (unpaired) electrons. The first-order valence-corrected chi connectivity index (χ1v) is 7.10. The Labute approximate surface area is 118 Å². The molecule has 1 saturated heterocycles. The average molecular weight is 275 g/mol. The Morgan fingerprint density at radius 2 is 2.10 bits per heavy atom. The van der Waals surface area contributed by atoms with Crippen LogP contribution in [0.3, 0.4) is 0 Å². The summed E-state index contributed by atoms with van der Waals surface area (Å²) in [5.74, 6) is 1.77. The van der Waals surface area contributed by atoms with E-state index in [0.717, 1.165) is 68.1 Å². The highest BCUT2D eigenvalue weighted by Crippen LogP contribution is 2.26. The van der Waals surface area contributed by atoms with Crippen LogP contribution in [0.25, 0.3) is 11.4 Å². The second-order valence-corrected chi connectivity index (χ2v) is 5.21. The topological polar surface area (TPSA) is 66.1 Å². The molecular formula is C14H21N5O. The van der Waals surface area contributed by atoms with Crippen molar-refractivity contribution in [3.05, 3.63) is 17.6 Å². The number of rotatable bonds is 4. The molecule has 0 saturated carbocycles. The number of aromatic amines is 1. The number of aromatic nitrogens is 3. The number of hydrogen-bond acceptors (Lipinski definition) is 5. The van der Waals surface area contributed by atoms with Crippen molar-refractivity contribution in [1.29, 1.82) is 0 Å². The van der Waals surface area contributed by atoms with Crippen LogP contribution in [-0.2, 0) is 4.74 Å². The van der Waals surface area contributed by atoms with Gasteiger partial charge in [-0.1, -0.05) is 0 Å². The lowest BCUT2D eigenvalue weighted by molar-refractivity contribution is 0.0398. The third-order valence-corrected chi connectivity index (χ3v) is 3.54. The van der Waals surface area contributed by atoms with Gasteiger partial charge in [-0.05, 0) is 19.9 Å². The second kappa shape index (κ2) is 5.76. The molecule has 0 atom stereocenters. The molecular weight excluding hydrogens is 254 g/mol. The Bertz CT molecular complexity index is 547. The van der Waals surface area contributed by atoms with Gasteiger partial charge in [-0.3, -0.25) is 4.90 Å². The van der Waals surface area contributed by atoms with Gasteiger partial charge in [0.25, 0.3) is 0 Å². The molecule has 108 valence electrons. The van der Waals surface area contributed by atoms with Crippen LogP contribution in [0.4, 0.5) is 5.82 Å². The maximum atomic E-state index is 5.35. The maximum absolute atomic E-state index is 5.35. The van der Waals surface area contributed by atoms with Gasteiger partial charge in [0, 0.05) is 31.9 Å². The van der Waals surface area contributed by atoms with Gasteiger partial charge in [0.15, 0.2) is 5.82 Å². The summed E-state index contributed by atoms with van der Waals surface area (Å²) in [5, 5.41) is 3.41. The van der Waals surface area contributed by atoms with E-state index in [1.807, 2.05) is 13.8 Å². The number of hydrogen-bond donors (Lipinski definition) is 2. The summed E-state index contributed by atoms with van der Waals surface area (Å²) < 4.78 is 5.35. The van der Waals surface area contributed by atoms with Crippen molar-refractivity contribution in [2.45, 2.75) is 13.8 Å². The molecule has 6 heteroatoms. The van der Waals surface area contributed by atoms with Crippen molar-refractivity contribution in [3.63, 3.8) is 0 Å². The van der Waals surface area contributed by atoms with E-state index in [1.54, 1.807) is 0 Å². The Kier molecular flexibility index (Phi) is 3.84. The van der Waals surface area contributed by atoms with Gasteiger partial charge < -0.3 is 15.0 Å². The third kappa shape index (κ3) is 2.91. The highest BCUT2D eigenvalue weighted by molar-refractivity contribution is 5.71. The number of fused-ring (bicyclic) bond motifs is 1. The summed E-state index contributed by atoms with van der Waals surface area (Å²) in [5.41, 5.74) is 2.99. The molecule has 0 aromatic rings. The number of morpholine rings is 1. The average Bonchev–Trinajstić information content (AvgIpc) is 2.80. The molecule has 3 rings (SSSR count). The van der Waals surface area contributed by atoms with Gasteiger partial charge >= 0.3 is 0 Å². The van der Waals surface area contributed by atoms with Crippen LogP contribution in [0.1, 0.15) is 11.5 Å². The summed E-state index contributed by atoms with van der Waals surface area (Å²) in [7, 11) is 0. The van der Waals surface area contributed by atoms with Gasteiger partial charge in [0.1, 0.15) is 11.5 Å². The SMILES string of the molecule is Cc1cc2[nH]c(C)nc(NCCN3CCOCC3)c-2n1. The highest BCUT2D eigenvalue weighted by Gasteiger charge is 2.15. The standard InChI is InChI=1S/C14H21N5O/c1-10-9-12-13(16-10)14(18-11(2)17-12)15-3-4-19-5-7-20-8-6-19/h9,15H,3-8H2,1-2H3,(H,17,18). The molecule has 6 nitrogen and oxygen atoms in total. The van der Waals surface area contributed by atoms with Crippen molar-refractivity contribution >= 4 is 5.82 Å². The lowest BCUT2D eigenvalue weighted by Gasteiger charge is -2.26. The van der Waals surface area contributed by atoms with E-state index in [2.05, 4.69) is 31.2 Å². The zero-order valence-corrected chi connectivity index (χ0v) is 12.1. The molecule has 3 heterocycles. The largest absolute Gasteiger partial charge is 0.379 e. The van der Waals surface area contributed by atoms with E-state index in [9.17, 15) is 0 Å². The molecule has 0 bridgehead atoms. The molecule has 0 unspecified atom stereocenters. The first-order valence-electron chi connectivity index (χ1n) is 7.10. The minimum atomic E-state index is 0.839. The minimum absolute atomic E-state index is 0.839. The summed E-state index contributed by atoms with van der Waals surface area (Å²) in [6.07, 6.45) is 0. The van der Waals surface area contributed by atoms with E-state index < -0.39 is 0 Å². The fourth-order valence-corrected chi connectivity index (χ4v) is 2.55. The molecule has 20 heavy (non-hydrogen) atoms. The molecule has 0 aromatic heterocycles. The Hall–Kier alpha value is -1.66. The van der Waals surface area contributed by atoms with Crippen LogP contribution in [0, 0.1) is 13.8 Å². The number of nitrogens with zero attached hydrogens (tertiary/aromatic N) is 3. The van der Waals surface area contributed by atoms with Crippen molar-refractivity contribution in [2.75, 3.05) is 44.7 Å². The van der Waals surface area contributed by atoms with Crippen molar-refractivity contribution in [1.82, 2.24) is 19.9 Å². The quantitative estimate of drug-likeness (QED) is 0.879. The van der Waals surface area contributed by atoms with Crippen LogP contribution in [0.2, 0.25) is 0 Å². The number of nitrogens with one attached hydrogen (secondary N) is 2. The van der Waals surface area contributed by atoms with Crippen LogP contribution in [0.5, 0.6) is 0 Å². The first-order chi connectivity index (χ1) is 9.72. The van der Waals surface area contributed by atoms with Gasteiger partial charge in [-0.15, -0.1) is 0 Å². The van der Waals surface area contributed by atoms with Crippen molar-refractivity contribution in [2.24, 2.45) is 0 Å². The number of aryl methyl sites for hydroxylation is 2. The van der Waals surface area contributed by atoms with E-state index >= 15 is 0 Å². The van der Waals surface area contributed by atoms with Gasteiger partial charge in [0.05, 0.1) is 18.9 Å². The summed E-state index contributed by atoms with van der Waals surface area (Å²) in [4.78, 5) is 14.7. The predicted molar refractivity (Wildman–Crippen MR) is 78.2 cm³/mol. The van der Waals surface area contributed by atoms with Crippen molar-refractivity contribution < 1.29 is 4.74 Å². The lowest BCUT2D eigenvalue weighted by Crippen LogP contribution is -2.39. The molecule has 0 amide bonds. The monoisotopic (exact) mass is 275 g/mol. The fourth-order valence-electron chi connectivity index (χ4n) is 2.55. The van der Waals surface area contributed by atoms with Crippen molar-refractivity contribution in [3.8, 4) is 11.4 Å². The first kappa shape index (κ1) is 13.3. The number of anilines is 1. The van der Waals surface area contributed by atoms with Crippen LogP contribution >= 0.6 is 0 Å². The molecule has 3 aliphatic heterocycles. The molecule has 3 aliphatic rings. The lowest BCUT2D eigenvalue weighted by atomic mass is 10.3. The van der Waals surface area contributed by atoms with Gasteiger partial charge in [-0.25, -0.2) is 9.97 Å². The van der Waals surface area contributed by atoms with E-state index in [0.29, 0.717) is 0 Å². The predicted octanol–water partition coefficient (Wildman–Crippen LogP) is 1.27. The summed E-state index contributed by atoms with van der Waals surface area (Å²) in [6.45, 7) is 9.55. The maximum Gasteiger partial charge on any atom is 0.156 e. The highest BCUT2D eigenvalue weighted by atomic mass is 16.5. The zero-order chi connectivity index (χ0) is 13.9. The zero-order valence-electron chi connectivity index (χ0n) is 12.1. The van der Waals surface area contributed by atoms with E-state index in [1.165, 1.54) is 0 Å². The summed E-state index contributed by atoms with van der Waals surface area (Å²) >= 11 is 0. The molecule has 0 spiro atoms. The van der Waals surface area contributed by atoms with Gasteiger partial charge in [-0.2, -0.15) is 0 Å². The smallest absolute Gasteiger partial charge is 0.156 e. The second-order valence-electron chi connectivity index (χ2n) is 5.21. The summed E-state index contributed by atoms with van der Waals surface area (Å²) in [6, 6.07) is 2.05. The Morgan fingerprint density at radius 3 is 2.90 bits per heavy atom. The Morgan fingerprint density at radius 1 is 1.30 bits per heavy atom. The van der Waals surface area contributed by atoms with Gasteiger partial charge in [0.2, 0.25) is 0 Å².